The van der Waals surface area contributed by atoms with Gasteiger partial charge in [-0.05, 0) is 49.9 Å². The van der Waals surface area contributed by atoms with Gasteiger partial charge in [-0.15, -0.1) is 0 Å². The predicted molar refractivity (Wildman–Crippen MR) is 89.2 cm³/mol. The largest absolute Gasteiger partial charge is 0.342 e. The lowest BCUT2D eigenvalue weighted by molar-refractivity contribution is -0.132. The lowest BCUT2D eigenvalue weighted by Crippen LogP contribution is -2.40. The Balaban J connectivity index is 1.74. The van der Waals surface area contributed by atoms with Crippen LogP contribution in [0.15, 0.2) is 42.6 Å². The van der Waals surface area contributed by atoms with E-state index in [1.165, 1.54) is 12.0 Å². The van der Waals surface area contributed by atoms with Crippen LogP contribution in [0.1, 0.15) is 31.0 Å². The molecule has 1 atom stereocenters. The Morgan fingerprint density at radius 3 is 2.73 bits per heavy atom. The molecule has 0 unspecified atom stereocenters. The van der Waals surface area contributed by atoms with Crippen molar-refractivity contribution >= 4 is 5.91 Å². The van der Waals surface area contributed by atoms with Gasteiger partial charge in [-0.25, -0.2) is 0 Å². The molecule has 3 rings (SSSR count). The summed E-state index contributed by atoms with van der Waals surface area (Å²) >= 11 is 0. The first-order chi connectivity index (χ1) is 10.6. The molecule has 0 saturated carbocycles. The molecule has 116 valence electrons. The Morgan fingerprint density at radius 1 is 1.23 bits per heavy atom. The number of hydrogen-bond donors (Lipinski definition) is 0. The van der Waals surface area contributed by atoms with E-state index in [0.29, 0.717) is 12.3 Å². The maximum absolute atomic E-state index is 12.6. The highest BCUT2D eigenvalue weighted by atomic mass is 16.2. The average molecular weight is 296 g/mol. The molecule has 0 bridgehead atoms. The zero-order valence-corrected chi connectivity index (χ0v) is 13.5. The van der Waals surface area contributed by atoms with Crippen molar-refractivity contribution < 1.29 is 4.79 Å². The van der Waals surface area contributed by atoms with E-state index in [2.05, 4.69) is 42.7 Å². The monoisotopic (exact) mass is 296 g/mol. The first kappa shape index (κ1) is 14.9. The third-order valence-electron chi connectivity index (χ3n) is 4.49. The molecule has 1 amide bonds. The number of hydrogen-bond acceptors (Lipinski definition) is 1. The number of nitrogens with zero attached hydrogens (tertiary/aromatic N) is 2. The van der Waals surface area contributed by atoms with Gasteiger partial charge in [0.25, 0.3) is 0 Å². The van der Waals surface area contributed by atoms with Gasteiger partial charge in [-0.3, -0.25) is 4.79 Å². The summed E-state index contributed by atoms with van der Waals surface area (Å²) in [6, 6.07) is 12.5. The lowest BCUT2D eigenvalue weighted by atomic mass is 10.00. The molecular formula is C19H24N2O. The number of benzene rings is 1. The SMILES string of the molecule is Cc1ccc(-n2cccc2CC(=O)N2CCC[C@H](C)C2)cc1. The third kappa shape index (κ3) is 3.24. The van der Waals surface area contributed by atoms with Crippen molar-refractivity contribution in [1.29, 1.82) is 0 Å². The van der Waals surface area contributed by atoms with Crippen molar-refractivity contribution in [2.24, 2.45) is 5.92 Å². The Morgan fingerprint density at radius 2 is 2.00 bits per heavy atom. The van der Waals surface area contributed by atoms with Gasteiger partial charge < -0.3 is 9.47 Å². The Bertz CT molecular complexity index is 642. The van der Waals surface area contributed by atoms with Crippen molar-refractivity contribution in [3.05, 3.63) is 53.9 Å². The molecule has 3 heteroatoms. The number of aromatic nitrogens is 1. The summed E-state index contributed by atoms with van der Waals surface area (Å²) in [7, 11) is 0. The van der Waals surface area contributed by atoms with Crippen LogP contribution in [-0.2, 0) is 11.2 Å². The van der Waals surface area contributed by atoms with Crippen LogP contribution in [-0.4, -0.2) is 28.5 Å². The van der Waals surface area contributed by atoms with Gasteiger partial charge in [0.15, 0.2) is 0 Å². The Kier molecular flexibility index (Phi) is 4.32. The molecule has 2 heterocycles. The topological polar surface area (TPSA) is 25.2 Å². The van der Waals surface area contributed by atoms with Gasteiger partial charge in [0, 0.05) is 30.7 Å². The van der Waals surface area contributed by atoms with Crippen LogP contribution in [0.3, 0.4) is 0 Å². The standard InChI is InChI=1S/C19H24N2O/c1-15-7-9-17(10-8-15)21-12-4-6-18(21)13-19(22)20-11-3-5-16(2)14-20/h4,6-10,12,16H,3,5,11,13-14H2,1-2H3/t16-/m0/s1. The van der Waals surface area contributed by atoms with Crippen molar-refractivity contribution in [3.63, 3.8) is 0 Å². The molecule has 0 radical (unpaired) electrons. The highest BCUT2D eigenvalue weighted by Gasteiger charge is 2.21. The van der Waals surface area contributed by atoms with E-state index in [-0.39, 0.29) is 5.91 Å². The molecule has 1 aliphatic rings. The summed E-state index contributed by atoms with van der Waals surface area (Å²) in [6.45, 7) is 6.13. The fourth-order valence-corrected chi connectivity index (χ4v) is 3.20. The molecule has 22 heavy (non-hydrogen) atoms. The Hall–Kier alpha value is -2.03. The molecule has 1 aliphatic heterocycles. The van der Waals surface area contributed by atoms with E-state index in [9.17, 15) is 4.79 Å². The summed E-state index contributed by atoms with van der Waals surface area (Å²) in [6.07, 6.45) is 4.88. The number of rotatable bonds is 3. The zero-order chi connectivity index (χ0) is 15.5. The predicted octanol–water partition coefficient (Wildman–Crippen LogP) is 3.59. The number of carbonyl (C=O) groups excluding carboxylic acids is 1. The van der Waals surface area contributed by atoms with Crippen LogP contribution >= 0.6 is 0 Å². The van der Waals surface area contributed by atoms with E-state index in [4.69, 9.17) is 0 Å². The second kappa shape index (κ2) is 6.39. The van der Waals surface area contributed by atoms with Gasteiger partial charge >= 0.3 is 0 Å². The summed E-state index contributed by atoms with van der Waals surface area (Å²) in [5, 5.41) is 0. The quantitative estimate of drug-likeness (QED) is 0.850. The summed E-state index contributed by atoms with van der Waals surface area (Å²) < 4.78 is 2.12. The molecule has 1 fully saturated rings. The number of amides is 1. The van der Waals surface area contributed by atoms with Gasteiger partial charge in [-0.1, -0.05) is 24.6 Å². The molecule has 3 nitrogen and oxygen atoms in total. The van der Waals surface area contributed by atoms with E-state index >= 15 is 0 Å². The smallest absolute Gasteiger partial charge is 0.228 e. The fraction of sp³-hybridized carbons (Fsp3) is 0.421. The van der Waals surface area contributed by atoms with Crippen molar-refractivity contribution in [2.75, 3.05) is 13.1 Å². The van der Waals surface area contributed by atoms with E-state index in [0.717, 1.165) is 30.9 Å². The highest BCUT2D eigenvalue weighted by molar-refractivity contribution is 5.78. The number of likely N-dealkylation sites (tertiary alicyclic amines) is 1. The van der Waals surface area contributed by atoms with Crippen LogP contribution < -0.4 is 0 Å². The highest BCUT2D eigenvalue weighted by Crippen LogP contribution is 2.18. The molecule has 0 N–H and O–H groups in total. The third-order valence-corrected chi connectivity index (χ3v) is 4.49. The van der Waals surface area contributed by atoms with Crippen LogP contribution in [0.25, 0.3) is 5.69 Å². The molecule has 2 aromatic rings. The Labute approximate surface area is 132 Å². The average Bonchev–Trinajstić information content (AvgIpc) is 2.96. The molecule has 0 spiro atoms. The fourth-order valence-electron chi connectivity index (χ4n) is 3.20. The van der Waals surface area contributed by atoms with Crippen molar-refractivity contribution in [3.8, 4) is 5.69 Å². The van der Waals surface area contributed by atoms with E-state index in [1.807, 2.05) is 23.2 Å². The van der Waals surface area contributed by atoms with Crippen molar-refractivity contribution in [2.45, 2.75) is 33.1 Å². The molecule has 1 aromatic carbocycles. The van der Waals surface area contributed by atoms with Crippen LogP contribution in [0.2, 0.25) is 0 Å². The van der Waals surface area contributed by atoms with Crippen LogP contribution in [0.4, 0.5) is 0 Å². The minimum Gasteiger partial charge on any atom is -0.342 e. The maximum Gasteiger partial charge on any atom is 0.228 e. The van der Waals surface area contributed by atoms with Crippen LogP contribution in [0, 0.1) is 12.8 Å². The summed E-state index contributed by atoms with van der Waals surface area (Å²) in [4.78, 5) is 14.6. The van der Waals surface area contributed by atoms with Gasteiger partial charge in [0.2, 0.25) is 5.91 Å². The maximum atomic E-state index is 12.6. The minimum atomic E-state index is 0.249. The first-order valence-corrected chi connectivity index (χ1v) is 8.14. The number of aryl methyl sites for hydroxylation is 1. The normalized spacial score (nSPS) is 18.5. The number of piperidine rings is 1. The molecule has 1 saturated heterocycles. The minimum absolute atomic E-state index is 0.249. The molecule has 0 aliphatic carbocycles. The van der Waals surface area contributed by atoms with Gasteiger partial charge in [0.05, 0.1) is 6.42 Å². The van der Waals surface area contributed by atoms with Crippen molar-refractivity contribution in [1.82, 2.24) is 9.47 Å². The summed E-state index contributed by atoms with van der Waals surface area (Å²) in [5.41, 5.74) is 3.42. The lowest BCUT2D eigenvalue weighted by Gasteiger charge is -2.31. The van der Waals surface area contributed by atoms with Crippen LogP contribution in [0.5, 0.6) is 0 Å². The van der Waals surface area contributed by atoms with Gasteiger partial charge in [-0.2, -0.15) is 0 Å². The second-order valence-electron chi connectivity index (χ2n) is 6.47. The first-order valence-electron chi connectivity index (χ1n) is 8.14. The number of carbonyl (C=O) groups is 1. The molecule has 1 aromatic heterocycles. The zero-order valence-electron chi connectivity index (χ0n) is 13.5. The molecular weight excluding hydrogens is 272 g/mol. The van der Waals surface area contributed by atoms with Gasteiger partial charge in [0.1, 0.15) is 0 Å². The van der Waals surface area contributed by atoms with E-state index < -0.39 is 0 Å². The second-order valence-corrected chi connectivity index (χ2v) is 6.47. The summed E-state index contributed by atoms with van der Waals surface area (Å²) in [5.74, 6) is 0.875. The van der Waals surface area contributed by atoms with E-state index in [1.54, 1.807) is 0 Å².